The molecule has 1 aromatic carbocycles. The van der Waals surface area contributed by atoms with Gasteiger partial charge in [0.1, 0.15) is 5.75 Å². The second-order valence-electron chi connectivity index (χ2n) is 6.98. The van der Waals surface area contributed by atoms with Crippen molar-refractivity contribution in [3.63, 3.8) is 0 Å². The van der Waals surface area contributed by atoms with Gasteiger partial charge in [0.25, 0.3) is 0 Å². The van der Waals surface area contributed by atoms with Crippen LogP contribution < -0.4 is 10.2 Å². The first-order valence-electron chi connectivity index (χ1n) is 9.45. The number of methoxy groups -OCH3 is 1. The summed E-state index contributed by atoms with van der Waals surface area (Å²) in [6.07, 6.45) is 1.39. The minimum atomic E-state index is -2.16. The van der Waals surface area contributed by atoms with Crippen LogP contribution in [0.5, 0.6) is 5.75 Å². The molecule has 2 heterocycles. The van der Waals surface area contributed by atoms with Gasteiger partial charge < -0.3 is 14.0 Å². The van der Waals surface area contributed by atoms with Crippen molar-refractivity contribution < 1.29 is 18.2 Å². The standard InChI is InChI=1S/C19H24BNO3/c1-13-7-10-16(21-12-13)14-8-9-15(17(11-14)22-6)20-23-18(2,3)19(4,5)24-20/h7-12H,1-6H3/i1D3. The summed E-state index contributed by atoms with van der Waals surface area (Å²) in [6.45, 7) is 5.85. The Morgan fingerprint density at radius 3 is 2.33 bits per heavy atom. The maximum Gasteiger partial charge on any atom is 0.498 e. The van der Waals surface area contributed by atoms with E-state index in [1.54, 1.807) is 19.2 Å². The largest absolute Gasteiger partial charge is 0.498 e. The van der Waals surface area contributed by atoms with Crippen LogP contribution in [0.2, 0.25) is 0 Å². The van der Waals surface area contributed by atoms with Crippen LogP contribution >= 0.6 is 0 Å². The van der Waals surface area contributed by atoms with Gasteiger partial charge in [0.15, 0.2) is 0 Å². The van der Waals surface area contributed by atoms with Crippen molar-refractivity contribution in [3.05, 3.63) is 42.1 Å². The molecule has 0 saturated carbocycles. The smallest absolute Gasteiger partial charge is 0.497 e. The number of aryl methyl sites for hydroxylation is 1. The van der Waals surface area contributed by atoms with Crippen LogP contribution in [0.15, 0.2) is 36.5 Å². The molecule has 0 spiro atoms. The molecule has 0 unspecified atom stereocenters. The summed E-state index contributed by atoms with van der Waals surface area (Å²) in [5, 5.41) is 0. The minimum absolute atomic E-state index is 0.215. The van der Waals surface area contributed by atoms with Crippen LogP contribution in [-0.2, 0) is 9.31 Å². The van der Waals surface area contributed by atoms with E-state index in [0.29, 0.717) is 11.4 Å². The monoisotopic (exact) mass is 328 g/mol. The van der Waals surface area contributed by atoms with E-state index in [-0.39, 0.29) is 5.56 Å². The maximum absolute atomic E-state index is 7.45. The van der Waals surface area contributed by atoms with Crippen molar-refractivity contribution >= 4 is 12.6 Å². The Bertz CT molecular complexity index is 819. The number of pyridine rings is 1. The van der Waals surface area contributed by atoms with Crippen LogP contribution in [0.25, 0.3) is 11.3 Å². The Morgan fingerprint density at radius 1 is 1.08 bits per heavy atom. The highest BCUT2D eigenvalue weighted by Gasteiger charge is 2.52. The second kappa shape index (κ2) is 5.90. The van der Waals surface area contributed by atoms with Gasteiger partial charge in [-0.1, -0.05) is 18.2 Å². The normalized spacial score (nSPS) is 21.0. The molecule has 3 rings (SSSR count). The lowest BCUT2D eigenvalue weighted by Crippen LogP contribution is -2.41. The number of benzene rings is 1. The predicted molar refractivity (Wildman–Crippen MR) is 96.7 cm³/mol. The Hall–Kier alpha value is -1.85. The van der Waals surface area contributed by atoms with E-state index in [1.807, 2.05) is 45.9 Å². The minimum Gasteiger partial charge on any atom is -0.497 e. The molecule has 1 aliphatic heterocycles. The van der Waals surface area contributed by atoms with Crippen molar-refractivity contribution in [3.8, 4) is 17.0 Å². The molecule has 0 atom stereocenters. The summed E-state index contributed by atoms with van der Waals surface area (Å²) in [5.74, 6) is 0.632. The van der Waals surface area contributed by atoms with Crippen LogP contribution in [0.3, 0.4) is 0 Å². The molecule has 126 valence electrons. The number of rotatable bonds is 3. The number of ether oxygens (including phenoxy) is 1. The Balaban J connectivity index is 1.92. The lowest BCUT2D eigenvalue weighted by molar-refractivity contribution is 0.00578. The predicted octanol–water partition coefficient (Wildman–Crippen LogP) is 3.36. The molecule has 0 bridgehead atoms. The van der Waals surface area contributed by atoms with Crippen molar-refractivity contribution in [2.45, 2.75) is 45.7 Å². The Kier molecular flexibility index (Phi) is 3.31. The Morgan fingerprint density at radius 2 is 1.79 bits per heavy atom. The zero-order valence-corrected chi connectivity index (χ0v) is 14.7. The van der Waals surface area contributed by atoms with Crippen molar-refractivity contribution in [1.82, 2.24) is 4.98 Å². The topological polar surface area (TPSA) is 40.6 Å². The number of nitrogens with zero attached hydrogens (tertiary/aromatic N) is 1. The summed E-state index contributed by atoms with van der Waals surface area (Å²) in [4.78, 5) is 4.29. The Labute approximate surface area is 148 Å². The fourth-order valence-electron chi connectivity index (χ4n) is 2.60. The fraction of sp³-hybridized carbons (Fsp3) is 0.421. The van der Waals surface area contributed by atoms with Gasteiger partial charge in [-0.05, 0) is 52.2 Å². The summed E-state index contributed by atoms with van der Waals surface area (Å²) < 4.78 is 40.1. The number of hydrogen-bond acceptors (Lipinski definition) is 4. The van der Waals surface area contributed by atoms with E-state index < -0.39 is 25.2 Å². The zero-order valence-electron chi connectivity index (χ0n) is 17.7. The first-order valence-corrected chi connectivity index (χ1v) is 7.95. The quantitative estimate of drug-likeness (QED) is 0.810. The van der Waals surface area contributed by atoms with E-state index in [9.17, 15) is 0 Å². The molecular formula is C19H24BNO3. The molecule has 0 aliphatic carbocycles. The third-order valence-corrected chi connectivity index (χ3v) is 4.80. The molecule has 5 heteroatoms. The first-order chi connectivity index (χ1) is 12.4. The molecule has 1 fully saturated rings. The molecule has 1 saturated heterocycles. The third-order valence-electron chi connectivity index (χ3n) is 4.80. The van der Waals surface area contributed by atoms with E-state index in [2.05, 4.69) is 4.98 Å². The van der Waals surface area contributed by atoms with E-state index in [1.165, 1.54) is 6.20 Å². The van der Waals surface area contributed by atoms with E-state index >= 15 is 0 Å². The molecule has 0 radical (unpaired) electrons. The molecule has 24 heavy (non-hydrogen) atoms. The van der Waals surface area contributed by atoms with E-state index in [4.69, 9.17) is 18.2 Å². The van der Waals surface area contributed by atoms with Crippen LogP contribution in [-0.4, -0.2) is 30.4 Å². The summed E-state index contributed by atoms with van der Waals surface area (Å²) in [7, 11) is 1.07. The summed E-state index contributed by atoms with van der Waals surface area (Å²) in [5.41, 5.74) is 1.64. The number of hydrogen-bond donors (Lipinski definition) is 0. The highest BCUT2D eigenvalue weighted by Crippen LogP contribution is 2.37. The average Bonchev–Trinajstić information content (AvgIpc) is 2.81. The van der Waals surface area contributed by atoms with Crippen LogP contribution in [0, 0.1) is 6.85 Å². The van der Waals surface area contributed by atoms with Crippen molar-refractivity contribution in [2.24, 2.45) is 0 Å². The first kappa shape index (κ1) is 13.4. The maximum atomic E-state index is 7.45. The average molecular weight is 328 g/mol. The number of aromatic nitrogens is 1. The molecule has 0 N–H and O–H groups in total. The van der Waals surface area contributed by atoms with Crippen LogP contribution in [0.1, 0.15) is 37.4 Å². The summed E-state index contributed by atoms with van der Waals surface area (Å²) >= 11 is 0. The summed E-state index contributed by atoms with van der Waals surface area (Å²) in [6, 6.07) is 8.93. The van der Waals surface area contributed by atoms with Gasteiger partial charge >= 0.3 is 7.12 Å². The van der Waals surface area contributed by atoms with Gasteiger partial charge in [-0.25, -0.2) is 0 Å². The van der Waals surface area contributed by atoms with Gasteiger partial charge in [0, 0.05) is 21.3 Å². The molecule has 1 aliphatic rings. The fourth-order valence-corrected chi connectivity index (χ4v) is 2.60. The third kappa shape index (κ3) is 2.94. The van der Waals surface area contributed by atoms with Gasteiger partial charge in [-0.15, -0.1) is 0 Å². The molecular weight excluding hydrogens is 301 g/mol. The van der Waals surface area contributed by atoms with Crippen molar-refractivity contribution in [1.29, 1.82) is 0 Å². The van der Waals surface area contributed by atoms with Gasteiger partial charge in [-0.3, -0.25) is 4.98 Å². The highest BCUT2D eigenvalue weighted by atomic mass is 16.7. The van der Waals surface area contributed by atoms with Gasteiger partial charge in [0.05, 0.1) is 24.0 Å². The van der Waals surface area contributed by atoms with Gasteiger partial charge in [0.2, 0.25) is 0 Å². The molecule has 1 aromatic heterocycles. The SMILES string of the molecule is [2H]C([2H])([2H])c1ccc(-c2ccc(B3OC(C)(C)C(C)(C)O3)c(OC)c2)nc1. The highest BCUT2D eigenvalue weighted by molar-refractivity contribution is 6.63. The zero-order chi connectivity index (χ0) is 20.0. The molecule has 2 aromatic rings. The van der Waals surface area contributed by atoms with Crippen LogP contribution in [0.4, 0.5) is 0 Å². The van der Waals surface area contributed by atoms with Crippen molar-refractivity contribution in [2.75, 3.05) is 7.11 Å². The molecule has 4 nitrogen and oxygen atoms in total. The lowest BCUT2D eigenvalue weighted by Gasteiger charge is -2.32. The van der Waals surface area contributed by atoms with E-state index in [0.717, 1.165) is 11.0 Å². The lowest BCUT2D eigenvalue weighted by atomic mass is 9.77. The molecule has 0 amide bonds. The van der Waals surface area contributed by atoms with Gasteiger partial charge in [-0.2, -0.15) is 0 Å². The second-order valence-corrected chi connectivity index (χ2v) is 6.98.